The summed E-state index contributed by atoms with van der Waals surface area (Å²) < 4.78 is 0. The van der Waals surface area contributed by atoms with Crippen molar-refractivity contribution in [1.82, 2.24) is 15.1 Å². The number of Topliss-reactive ketones (excluding diaryl/α,β-unsaturated/α-hetero) is 2. The van der Waals surface area contributed by atoms with Gasteiger partial charge in [0.15, 0.2) is 5.78 Å². The fraction of sp³-hybridized carbons (Fsp3) is 0.412. The maximum atomic E-state index is 14.4. The number of fused-ring (bicyclic) bond motifs is 3. The lowest BCUT2D eigenvalue weighted by Gasteiger charge is -2.49. The molecule has 0 aromatic heterocycles. The predicted molar refractivity (Wildman–Crippen MR) is 178 cm³/mol. The highest BCUT2D eigenvalue weighted by Crippen LogP contribution is 2.56. The summed E-state index contributed by atoms with van der Waals surface area (Å²) in [5, 5.41) is 40.8. The summed E-state index contributed by atoms with van der Waals surface area (Å²) in [4.78, 5) is 71.0. The number of phenolic OH excluding ortho intramolecular Hbond substituents is 1. The van der Waals surface area contributed by atoms with Crippen molar-refractivity contribution in [2.45, 2.75) is 24.4 Å². The third kappa shape index (κ3) is 5.21. The van der Waals surface area contributed by atoms with Crippen molar-refractivity contribution in [1.29, 1.82) is 0 Å². The van der Waals surface area contributed by atoms with Crippen LogP contribution in [0.25, 0.3) is 16.9 Å². The molecule has 0 aliphatic heterocycles. The number of nitrogens with zero attached hydrogens (tertiary/aromatic N) is 4. The number of primary amides is 1. The molecule has 6 N–H and O–H groups in total. The van der Waals surface area contributed by atoms with Crippen LogP contribution in [0.3, 0.4) is 0 Å². The fourth-order valence-electron chi connectivity index (χ4n) is 7.39. The van der Waals surface area contributed by atoms with Crippen LogP contribution in [0.1, 0.15) is 27.9 Å². The molecule has 0 radical (unpaired) electrons. The van der Waals surface area contributed by atoms with Crippen LogP contribution in [-0.2, 0) is 20.8 Å². The number of rotatable bonds is 9. The normalized spacial score (nSPS) is 23.5. The Morgan fingerprint density at radius 1 is 1.06 bits per heavy atom. The first-order chi connectivity index (χ1) is 22.6. The van der Waals surface area contributed by atoms with E-state index in [1.54, 1.807) is 49.3 Å². The van der Waals surface area contributed by atoms with Crippen molar-refractivity contribution < 1.29 is 34.5 Å². The van der Waals surface area contributed by atoms with Crippen LogP contribution < -0.4 is 16.0 Å². The van der Waals surface area contributed by atoms with Gasteiger partial charge in [-0.15, -0.1) is 4.91 Å². The number of benzene rings is 2. The lowest BCUT2D eigenvalue weighted by Crippen LogP contribution is -2.64. The first kappa shape index (κ1) is 34.3. The zero-order chi connectivity index (χ0) is 35.4. The third-order valence-electron chi connectivity index (χ3n) is 9.60. The zero-order valence-corrected chi connectivity index (χ0v) is 27.7. The average Bonchev–Trinajstić information content (AvgIpc) is 3.00. The van der Waals surface area contributed by atoms with E-state index in [1.165, 1.54) is 19.0 Å². The second kappa shape index (κ2) is 12.5. The van der Waals surface area contributed by atoms with Crippen LogP contribution >= 0.6 is 0 Å². The Balaban J connectivity index is 1.69. The molecule has 2 aromatic rings. The number of nitrogens with two attached hydrogens (primary N) is 1. The van der Waals surface area contributed by atoms with Gasteiger partial charge in [-0.2, -0.15) is 0 Å². The van der Waals surface area contributed by atoms with Gasteiger partial charge in [0.05, 0.1) is 11.6 Å². The van der Waals surface area contributed by atoms with Crippen molar-refractivity contribution >= 4 is 34.8 Å². The minimum Gasteiger partial charge on any atom is -0.508 e. The number of nitroso groups, excluding NO2 is 1. The molecule has 48 heavy (non-hydrogen) atoms. The minimum absolute atomic E-state index is 0.0403. The SMILES string of the molecule is CN(C)CCNC(=O)c1cccc(-c2cc(N(C)C)c3c(c2O)C(O)=C2C(=O)[C@]4(N=O)C(O)=C(C(N)=O)C(=O)[C@@H](N(C)C)[C@@H]4C[C@@H]2C3)c1. The number of phenols is 1. The number of hydrogen-bond donors (Lipinski definition) is 5. The predicted octanol–water partition coefficient (Wildman–Crippen LogP) is 1.76. The standard InChI is InChI=1S/C34H40N6O8/c1-38(2)11-10-36-33(47)17-9-7-8-16(12-17)19-15-22(39(3)4)20-13-18-14-21-26(40(5)6)29(43)25(32(35)46)31(45)34(21,37-48)30(44)23(18)28(42)24(20)27(19)41/h7-9,12,15,18,21,26,41-42,45H,10-11,13-14H2,1-6H3,(H2,35,46)(H,36,47)/t18-,21-,26-,34-/m0/s1. The van der Waals surface area contributed by atoms with Crippen molar-refractivity contribution in [2.75, 3.05) is 60.3 Å². The zero-order valence-electron chi connectivity index (χ0n) is 27.7. The molecule has 2 amide bonds. The molecule has 0 unspecified atom stereocenters. The average molecular weight is 661 g/mol. The van der Waals surface area contributed by atoms with Gasteiger partial charge in [0.25, 0.3) is 11.8 Å². The third-order valence-corrected chi connectivity index (χ3v) is 9.60. The van der Waals surface area contributed by atoms with Gasteiger partial charge in [0.2, 0.25) is 11.3 Å². The highest BCUT2D eigenvalue weighted by Gasteiger charge is 2.66. The van der Waals surface area contributed by atoms with Crippen molar-refractivity contribution in [3.05, 3.63) is 68.8 Å². The number of likely N-dealkylation sites (N-methyl/N-ethyl adjacent to an activating group) is 2. The van der Waals surface area contributed by atoms with Gasteiger partial charge in [-0.1, -0.05) is 12.1 Å². The molecule has 2 aromatic carbocycles. The maximum absolute atomic E-state index is 14.4. The van der Waals surface area contributed by atoms with Crippen LogP contribution in [0.15, 0.2) is 52.4 Å². The molecule has 0 spiro atoms. The second-order valence-corrected chi connectivity index (χ2v) is 13.2. The van der Waals surface area contributed by atoms with E-state index in [0.29, 0.717) is 35.5 Å². The van der Waals surface area contributed by atoms with Crippen molar-refractivity contribution in [3.8, 4) is 16.9 Å². The molecule has 3 aliphatic carbocycles. The maximum Gasteiger partial charge on any atom is 0.255 e. The molecule has 5 rings (SSSR count). The molecule has 0 bridgehead atoms. The topological polar surface area (TPSA) is 206 Å². The number of nitrogens with one attached hydrogen (secondary N) is 1. The summed E-state index contributed by atoms with van der Waals surface area (Å²) in [5.74, 6) is -7.57. The molecular weight excluding hydrogens is 620 g/mol. The first-order valence-electron chi connectivity index (χ1n) is 15.4. The number of carbonyl (C=O) groups excluding carboxylic acids is 4. The summed E-state index contributed by atoms with van der Waals surface area (Å²) >= 11 is 0. The number of hydrogen-bond acceptors (Lipinski definition) is 12. The first-order valence-corrected chi connectivity index (χ1v) is 15.4. The molecule has 0 heterocycles. The highest BCUT2D eigenvalue weighted by molar-refractivity contribution is 6.25. The van der Waals surface area contributed by atoms with E-state index in [9.17, 15) is 39.4 Å². The van der Waals surface area contributed by atoms with Crippen LogP contribution in [-0.4, -0.2) is 115 Å². The number of amides is 2. The van der Waals surface area contributed by atoms with Gasteiger partial charge in [-0.3, -0.25) is 24.1 Å². The Labute approximate surface area is 277 Å². The largest absolute Gasteiger partial charge is 0.508 e. The second-order valence-electron chi connectivity index (χ2n) is 13.2. The minimum atomic E-state index is -2.61. The van der Waals surface area contributed by atoms with Gasteiger partial charge in [-0.05, 0) is 81.5 Å². The lowest BCUT2D eigenvalue weighted by molar-refractivity contribution is -0.134. The number of ketones is 2. The van der Waals surface area contributed by atoms with Crippen LogP contribution in [0, 0.1) is 16.7 Å². The van der Waals surface area contributed by atoms with E-state index in [2.05, 4.69) is 10.5 Å². The smallest absolute Gasteiger partial charge is 0.255 e. The molecule has 3 aliphatic rings. The molecule has 14 nitrogen and oxygen atoms in total. The van der Waals surface area contributed by atoms with Gasteiger partial charge in [0, 0.05) is 55.5 Å². The lowest BCUT2D eigenvalue weighted by atomic mass is 9.56. The van der Waals surface area contributed by atoms with Crippen LogP contribution in [0.4, 0.5) is 5.69 Å². The molecule has 4 atom stereocenters. The van der Waals surface area contributed by atoms with Crippen LogP contribution in [0.2, 0.25) is 0 Å². The summed E-state index contributed by atoms with van der Waals surface area (Å²) in [6.07, 6.45) is 0.0877. The number of aromatic hydroxyl groups is 1. The molecule has 1 saturated carbocycles. The Morgan fingerprint density at radius 3 is 2.33 bits per heavy atom. The van der Waals surface area contributed by atoms with E-state index < -0.39 is 58.0 Å². The highest BCUT2D eigenvalue weighted by atomic mass is 16.3. The monoisotopic (exact) mass is 660 g/mol. The molecule has 1 fully saturated rings. The molecule has 14 heteroatoms. The van der Waals surface area contributed by atoms with Gasteiger partial charge >= 0.3 is 0 Å². The fourth-order valence-corrected chi connectivity index (χ4v) is 7.39. The van der Waals surface area contributed by atoms with E-state index in [-0.39, 0.29) is 41.2 Å². The van der Waals surface area contributed by atoms with Crippen molar-refractivity contribution in [3.63, 3.8) is 0 Å². The van der Waals surface area contributed by atoms with Crippen molar-refractivity contribution in [2.24, 2.45) is 22.7 Å². The van der Waals surface area contributed by atoms with E-state index in [1.807, 2.05) is 19.0 Å². The van der Waals surface area contributed by atoms with E-state index in [4.69, 9.17) is 5.73 Å². The molecule has 254 valence electrons. The summed E-state index contributed by atoms with van der Waals surface area (Å²) in [7, 11) is 10.4. The van der Waals surface area contributed by atoms with E-state index in [0.717, 1.165) is 0 Å². The van der Waals surface area contributed by atoms with E-state index >= 15 is 0 Å². The Hall–Kier alpha value is -5.08. The summed E-state index contributed by atoms with van der Waals surface area (Å²) in [6, 6.07) is 7.14. The quantitative estimate of drug-likeness (QED) is 0.194. The summed E-state index contributed by atoms with van der Waals surface area (Å²) in [5.41, 5.74) is 3.84. The van der Waals surface area contributed by atoms with Gasteiger partial charge in [-0.25, -0.2) is 0 Å². The Kier molecular flexibility index (Phi) is 8.93. The number of carbonyl (C=O) groups is 4. The molecular formula is C34H40N6O8. The Bertz CT molecular complexity index is 1810. The van der Waals surface area contributed by atoms with Crippen LogP contribution in [0.5, 0.6) is 5.75 Å². The number of aliphatic hydroxyl groups excluding tert-OH is 2. The Morgan fingerprint density at radius 2 is 1.75 bits per heavy atom. The molecule has 0 saturated heterocycles. The summed E-state index contributed by atoms with van der Waals surface area (Å²) in [6.45, 7) is 1.07. The number of aliphatic hydroxyl groups is 2. The van der Waals surface area contributed by atoms with Gasteiger partial charge in [0.1, 0.15) is 22.8 Å². The van der Waals surface area contributed by atoms with Gasteiger partial charge < -0.3 is 36.2 Å². The number of anilines is 1.